The first-order valence-electron chi connectivity index (χ1n) is 25.5. The zero-order valence-corrected chi connectivity index (χ0v) is 41.6. The third-order valence-electron chi connectivity index (χ3n) is 11.7. The van der Waals surface area contributed by atoms with E-state index in [1.165, 1.54) is 200 Å². The van der Waals surface area contributed by atoms with Crippen LogP contribution in [-0.2, 0) is 29.3 Å². The molecule has 0 aliphatic heterocycles. The van der Waals surface area contributed by atoms with Crippen LogP contribution < -0.4 is 0 Å². The first kappa shape index (κ1) is 59.9. The maximum absolute atomic E-state index is 9.84. The van der Waals surface area contributed by atoms with Gasteiger partial charge in [-0.3, -0.25) is 0 Å². The Hall–Kier alpha value is -2.17. The number of benzene rings is 2. The fourth-order valence-corrected chi connectivity index (χ4v) is 8.27. The number of rotatable bonds is 36. The van der Waals surface area contributed by atoms with Crippen molar-refractivity contribution in [1.29, 1.82) is 0 Å². The van der Waals surface area contributed by atoms with E-state index in [2.05, 4.69) is 101 Å². The van der Waals surface area contributed by atoms with Crippen molar-refractivity contribution in [3.05, 3.63) is 101 Å². The largest absolute Gasteiger partial charge is 2.00 e. The van der Waals surface area contributed by atoms with Crippen LogP contribution in [0.3, 0.4) is 0 Å². The molecule has 0 fully saturated rings. The molecule has 344 valence electrons. The van der Waals surface area contributed by atoms with Crippen LogP contribution in [0.4, 0.5) is 0 Å². The van der Waals surface area contributed by atoms with Crippen molar-refractivity contribution in [3.8, 4) is 0 Å². The molecule has 0 radical (unpaired) electrons. The third-order valence-corrected chi connectivity index (χ3v) is 11.7. The average Bonchev–Trinajstić information content (AvgIpc) is 3.27. The summed E-state index contributed by atoms with van der Waals surface area (Å²) in [7, 11) is 0. The molecule has 2 aromatic rings. The van der Waals surface area contributed by atoms with E-state index in [-0.39, 0.29) is 16.5 Å². The van der Waals surface area contributed by atoms with E-state index in [0.29, 0.717) is 0 Å². The monoisotopic (exact) mass is 867 g/mol. The van der Waals surface area contributed by atoms with E-state index in [0.717, 1.165) is 50.5 Å². The molecule has 2 rings (SSSR count). The van der Waals surface area contributed by atoms with Crippen LogP contribution in [0.5, 0.6) is 0 Å². The molecular formula is C57H96N2Ni. The molecule has 3 heteroatoms. The Kier molecular flexibility index (Phi) is 46.3. The van der Waals surface area contributed by atoms with Gasteiger partial charge in [0.1, 0.15) is 0 Å². The number of unbranched alkanes of at least 4 members (excludes halogenated alkanes) is 25. The van der Waals surface area contributed by atoms with Crippen LogP contribution in [0.2, 0.25) is 0 Å². The van der Waals surface area contributed by atoms with Crippen LogP contribution in [0.1, 0.15) is 263 Å². The van der Waals surface area contributed by atoms with Gasteiger partial charge in [-0.15, -0.1) is 4.79 Å². The van der Waals surface area contributed by atoms with E-state index in [4.69, 9.17) is 0 Å². The Morgan fingerprint density at radius 1 is 0.450 bits per heavy atom. The van der Waals surface area contributed by atoms with Crippen molar-refractivity contribution in [3.63, 3.8) is 0 Å². The maximum Gasteiger partial charge on any atom is 2.00 e. The number of hydrogen-bond donors (Lipinski definition) is 0. The smallest absolute Gasteiger partial charge is 0.348 e. The van der Waals surface area contributed by atoms with Gasteiger partial charge in [0.2, 0.25) is 0 Å². The molecule has 0 aliphatic rings. The Bertz CT molecular complexity index is 1350. The van der Waals surface area contributed by atoms with E-state index in [1.807, 2.05) is 0 Å². The van der Waals surface area contributed by atoms with Gasteiger partial charge in [-0.25, -0.2) is 0 Å². The van der Waals surface area contributed by atoms with Gasteiger partial charge in [0, 0.05) is 0 Å². The van der Waals surface area contributed by atoms with Crippen molar-refractivity contribution in [2.45, 2.75) is 253 Å². The van der Waals surface area contributed by atoms with Crippen molar-refractivity contribution in [2.75, 3.05) is 0 Å². The molecule has 0 heterocycles. The maximum atomic E-state index is 9.84. The third kappa shape index (κ3) is 30.8. The molecule has 0 unspecified atom stereocenters. The number of allylic oxidation sites excluding steroid dienone is 2. The minimum Gasteiger partial charge on any atom is -0.348 e. The van der Waals surface area contributed by atoms with Gasteiger partial charge in [-0.05, 0) is 84.8 Å². The summed E-state index contributed by atoms with van der Waals surface area (Å²) in [6.45, 7) is 19.1. The second kappa shape index (κ2) is 46.3. The molecule has 60 heavy (non-hydrogen) atoms. The summed E-state index contributed by atoms with van der Waals surface area (Å²) in [5, 5.41) is 0. The van der Waals surface area contributed by atoms with Crippen LogP contribution in [-0.4, -0.2) is 10.7 Å². The molecule has 0 atom stereocenters. The first-order chi connectivity index (χ1) is 29.2. The topological polar surface area (TPSA) is 36.4 Å². The van der Waals surface area contributed by atoms with Gasteiger partial charge in [-0.1, -0.05) is 237 Å². The van der Waals surface area contributed by atoms with E-state index in [9.17, 15) is 5.53 Å². The van der Waals surface area contributed by atoms with E-state index < -0.39 is 0 Å². The van der Waals surface area contributed by atoms with Gasteiger partial charge < -0.3 is 19.4 Å². The predicted molar refractivity (Wildman–Crippen MR) is 266 cm³/mol. The minimum atomic E-state index is 0. The van der Waals surface area contributed by atoms with E-state index >= 15 is 0 Å². The summed E-state index contributed by atoms with van der Waals surface area (Å²) >= 11 is 0. The summed E-state index contributed by atoms with van der Waals surface area (Å²) in [5.41, 5.74) is 19.0. The molecule has 0 aromatic heterocycles. The van der Waals surface area contributed by atoms with Crippen LogP contribution in [0.25, 0.3) is 11.1 Å². The minimum absolute atomic E-state index is 0. The van der Waals surface area contributed by atoms with Gasteiger partial charge in [-0.2, -0.15) is 13.8 Å². The summed E-state index contributed by atoms with van der Waals surface area (Å²) in [6, 6.07) is 18.6. The summed E-state index contributed by atoms with van der Waals surface area (Å²) in [5.74, 6) is 3.10. The van der Waals surface area contributed by atoms with Gasteiger partial charge >= 0.3 is 22.4 Å². The molecule has 2 aromatic carbocycles. The van der Waals surface area contributed by atoms with Crippen molar-refractivity contribution < 1.29 is 21.3 Å². The summed E-state index contributed by atoms with van der Waals surface area (Å²) < 4.78 is 0. The molecule has 0 amide bonds. The van der Waals surface area contributed by atoms with Crippen LogP contribution >= 0.6 is 0 Å². The fourth-order valence-electron chi connectivity index (χ4n) is 8.27. The molecule has 0 N–H and O–H groups in total. The number of nitrogens with zero attached hydrogens (tertiary/aromatic N) is 2. The Balaban J connectivity index is 0. The molecular weight excluding hydrogens is 771 g/mol. The SMILES string of the molecule is CCCCCCCCCCCCCCCCCCCCCCCCC(C(=C=[N+]=[N-])CCCC)=C(c1cccc(CCCC)c1)c1cccc(CCCCC)c1.[CH2-]C.[CH2-]C.[Ni+2]. The van der Waals surface area contributed by atoms with Crippen molar-refractivity contribution in [2.24, 2.45) is 0 Å². The van der Waals surface area contributed by atoms with Crippen LogP contribution in [0, 0.1) is 13.8 Å². The van der Waals surface area contributed by atoms with Gasteiger partial charge in [0.15, 0.2) is 0 Å². The van der Waals surface area contributed by atoms with Crippen molar-refractivity contribution in [1.82, 2.24) is 0 Å². The average molecular weight is 868 g/mol. The second-order valence-electron chi connectivity index (χ2n) is 16.8. The number of aryl methyl sites for hydroxylation is 2. The zero-order valence-electron chi connectivity index (χ0n) is 40.6. The summed E-state index contributed by atoms with van der Waals surface area (Å²) in [4.78, 5) is 3.52. The van der Waals surface area contributed by atoms with Gasteiger partial charge in [0.05, 0.1) is 5.57 Å². The molecule has 0 saturated carbocycles. The molecule has 0 spiro atoms. The van der Waals surface area contributed by atoms with Crippen molar-refractivity contribution >= 4 is 11.4 Å². The molecule has 0 saturated heterocycles. The zero-order chi connectivity index (χ0) is 43.4. The normalized spacial score (nSPS) is 10.9. The van der Waals surface area contributed by atoms with Gasteiger partial charge in [0.25, 0.3) is 0 Å². The molecule has 2 nitrogen and oxygen atoms in total. The molecule has 0 aliphatic carbocycles. The predicted octanol–water partition coefficient (Wildman–Crippen LogP) is 19.3. The number of hydrogen-bond acceptors (Lipinski definition) is 0. The first-order valence-corrected chi connectivity index (χ1v) is 25.5. The fraction of sp³-hybridized carbons (Fsp3) is 0.684. The standard InChI is InChI=1S/C53H86N2.2C2H5.Ni/c1-5-9-13-14-15-16-17-18-19-20-21-22-23-24-25-26-27-28-29-30-31-33-43-52(51(46-55-54)40-12-8-4)53(49-41-34-38-47(44-49)36-11-7-3)50-42-35-39-48(45-50)37-32-10-6-2;2*1-2;/h34-35,38-39,41-42,44-45H,5-33,36-37,40,43H2,1-4H3;2*1H2,2H3;/q;2*-1;+2. The quantitative estimate of drug-likeness (QED) is 0.0124. The second-order valence-corrected chi connectivity index (χ2v) is 16.8. The summed E-state index contributed by atoms with van der Waals surface area (Å²) in [6.07, 6.45) is 43.4. The Morgan fingerprint density at radius 2 is 0.800 bits per heavy atom. The Morgan fingerprint density at radius 3 is 1.18 bits per heavy atom. The van der Waals surface area contributed by atoms with E-state index in [1.54, 1.807) is 13.8 Å². The molecule has 0 bridgehead atoms. The Labute approximate surface area is 385 Å². The van der Waals surface area contributed by atoms with Crippen LogP contribution in [0.15, 0.2) is 59.7 Å².